The van der Waals surface area contributed by atoms with Gasteiger partial charge in [0.05, 0.1) is 0 Å². The highest BCUT2D eigenvalue weighted by molar-refractivity contribution is 6.39. The van der Waals surface area contributed by atoms with E-state index in [0.717, 1.165) is 18.4 Å². The number of carboxylic acids is 1. The first-order valence-corrected chi connectivity index (χ1v) is 6.58. The highest BCUT2D eigenvalue weighted by Gasteiger charge is 2.37. The zero-order valence-electron chi connectivity index (χ0n) is 11.9. The first-order chi connectivity index (χ1) is 8.65. The van der Waals surface area contributed by atoms with Crippen molar-refractivity contribution in [1.29, 1.82) is 0 Å². The van der Waals surface area contributed by atoms with E-state index < -0.39 is 11.8 Å². The molecule has 0 fully saturated rings. The Kier molecular flexibility index (Phi) is 3.04. The number of benzene rings is 1. The van der Waals surface area contributed by atoms with Crippen molar-refractivity contribution in [2.45, 2.75) is 51.4 Å². The van der Waals surface area contributed by atoms with Crippen molar-refractivity contribution in [3.05, 3.63) is 34.9 Å². The molecule has 0 heterocycles. The van der Waals surface area contributed by atoms with Crippen LogP contribution in [0.25, 0.3) is 0 Å². The third-order valence-electron chi connectivity index (χ3n) is 4.31. The maximum Gasteiger partial charge on any atom is 0.377 e. The Morgan fingerprint density at radius 2 is 1.53 bits per heavy atom. The summed E-state index contributed by atoms with van der Waals surface area (Å²) in [5, 5.41) is 8.82. The highest BCUT2D eigenvalue weighted by Crippen LogP contribution is 2.45. The molecule has 0 unspecified atom stereocenters. The van der Waals surface area contributed by atoms with Gasteiger partial charge in [0, 0.05) is 5.56 Å². The number of fused-ring (bicyclic) bond motifs is 1. The molecule has 0 saturated carbocycles. The van der Waals surface area contributed by atoms with Gasteiger partial charge in [-0.05, 0) is 40.9 Å². The molecule has 0 saturated heterocycles. The molecule has 0 amide bonds. The molecule has 2 rings (SSSR count). The molecule has 19 heavy (non-hydrogen) atoms. The van der Waals surface area contributed by atoms with Crippen LogP contribution in [0.15, 0.2) is 18.2 Å². The molecular formula is C16H20O3. The molecule has 3 nitrogen and oxygen atoms in total. The van der Waals surface area contributed by atoms with Gasteiger partial charge < -0.3 is 5.11 Å². The fourth-order valence-electron chi connectivity index (χ4n) is 2.85. The Balaban J connectivity index is 2.60. The molecule has 1 aliphatic rings. The first kappa shape index (κ1) is 13.8. The number of Topliss-reactive ketones (excluding diaryl/α,β-unsaturated/α-hetero) is 1. The van der Waals surface area contributed by atoms with Gasteiger partial charge in [0.1, 0.15) is 0 Å². The molecule has 0 spiro atoms. The van der Waals surface area contributed by atoms with Crippen LogP contribution in [0.4, 0.5) is 0 Å². The second-order valence-electron chi connectivity index (χ2n) is 6.66. The zero-order valence-corrected chi connectivity index (χ0v) is 11.9. The maximum atomic E-state index is 11.6. The minimum absolute atomic E-state index is 0.0142. The van der Waals surface area contributed by atoms with Gasteiger partial charge in [0.2, 0.25) is 0 Å². The summed E-state index contributed by atoms with van der Waals surface area (Å²) in [6.07, 6.45) is 2.14. The molecule has 3 heteroatoms. The summed E-state index contributed by atoms with van der Waals surface area (Å²) < 4.78 is 0. The topological polar surface area (TPSA) is 54.4 Å². The highest BCUT2D eigenvalue weighted by atomic mass is 16.4. The molecule has 1 N–H and O–H groups in total. The van der Waals surface area contributed by atoms with E-state index in [1.54, 1.807) is 12.1 Å². The number of aliphatic carboxylic acids is 1. The van der Waals surface area contributed by atoms with Crippen LogP contribution in [0.2, 0.25) is 0 Å². The van der Waals surface area contributed by atoms with Crippen LogP contribution in [0.5, 0.6) is 0 Å². The summed E-state index contributed by atoms with van der Waals surface area (Å²) in [4.78, 5) is 22.4. The molecular weight excluding hydrogens is 240 g/mol. The average molecular weight is 260 g/mol. The fraction of sp³-hybridized carbons (Fsp3) is 0.500. The summed E-state index contributed by atoms with van der Waals surface area (Å²) in [5.41, 5.74) is 2.67. The summed E-state index contributed by atoms with van der Waals surface area (Å²) in [5.74, 6) is -2.23. The van der Waals surface area contributed by atoms with Crippen molar-refractivity contribution in [3.63, 3.8) is 0 Å². The van der Waals surface area contributed by atoms with Gasteiger partial charge in [-0.1, -0.05) is 39.8 Å². The van der Waals surface area contributed by atoms with Crippen molar-refractivity contribution in [1.82, 2.24) is 0 Å². The van der Waals surface area contributed by atoms with Gasteiger partial charge in [-0.25, -0.2) is 4.79 Å². The lowest BCUT2D eigenvalue weighted by Crippen LogP contribution is -2.34. The van der Waals surface area contributed by atoms with Gasteiger partial charge in [-0.15, -0.1) is 0 Å². The largest absolute Gasteiger partial charge is 0.475 e. The van der Waals surface area contributed by atoms with Gasteiger partial charge in [-0.2, -0.15) is 0 Å². The summed E-state index contributed by atoms with van der Waals surface area (Å²) >= 11 is 0. The van der Waals surface area contributed by atoms with E-state index in [9.17, 15) is 9.59 Å². The van der Waals surface area contributed by atoms with Crippen molar-refractivity contribution in [2.75, 3.05) is 0 Å². The van der Waals surface area contributed by atoms with E-state index in [1.165, 1.54) is 5.56 Å². The lowest BCUT2D eigenvalue weighted by molar-refractivity contribution is -0.131. The second-order valence-corrected chi connectivity index (χ2v) is 6.66. The van der Waals surface area contributed by atoms with E-state index in [4.69, 9.17) is 5.11 Å². The Morgan fingerprint density at radius 1 is 1.00 bits per heavy atom. The van der Waals surface area contributed by atoms with Crippen LogP contribution in [-0.2, 0) is 15.6 Å². The lowest BCUT2D eigenvalue weighted by atomic mass is 9.63. The van der Waals surface area contributed by atoms with Gasteiger partial charge in [0.15, 0.2) is 0 Å². The van der Waals surface area contributed by atoms with E-state index in [1.807, 2.05) is 6.07 Å². The Labute approximate surface area is 113 Å². The van der Waals surface area contributed by atoms with Gasteiger partial charge in [0.25, 0.3) is 5.78 Å². The van der Waals surface area contributed by atoms with Crippen LogP contribution in [0, 0.1) is 0 Å². The quantitative estimate of drug-likeness (QED) is 0.655. The summed E-state index contributed by atoms with van der Waals surface area (Å²) in [6.45, 7) is 8.69. The number of rotatable bonds is 2. The number of carboxylic acid groups (broad SMARTS) is 1. The first-order valence-electron chi connectivity index (χ1n) is 6.58. The van der Waals surface area contributed by atoms with E-state index in [-0.39, 0.29) is 16.4 Å². The minimum Gasteiger partial charge on any atom is -0.475 e. The third kappa shape index (κ3) is 2.29. The normalized spacial score (nSPS) is 19.6. The van der Waals surface area contributed by atoms with Crippen LogP contribution >= 0.6 is 0 Å². The van der Waals surface area contributed by atoms with E-state index >= 15 is 0 Å². The summed E-state index contributed by atoms with van der Waals surface area (Å²) in [6, 6.07) is 5.33. The molecule has 1 aromatic rings. The van der Waals surface area contributed by atoms with E-state index in [2.05, 4.69) is 27.7 Å². The van der Waals surface area contributed by atoms with Crippen molar-refractivity contribution in [2.24, 2.45) is 0 Å². The maximum absolute atomic E-state index is 11.6. The number of hydrogen-bond acceptors (Lipinski definition) is 2. The van der Waals surface area contributed by atoms with E-state index in [0.29, 0.717) is 0 Å². The number of carbonyl (C=O) groups is 2. The molecule has 0 atom stereocenters. The standard InChI is InChI=1S/C16H20O3/c1-15(2)7-8-16(3,4)12-9-10(5-6-11(12)15)13(17)14(18)19/h5-6,9H,7-8H2,1-4H3,(H,18,19). The molecule has 0 bridgehead atoms. The predicted octanol–water partition coefficient (Wildman–Crippen LogP) is 3.30. The summed E-state index contributed by atoms with van der Waals surface area (Å²) in [7, 11) is 0. The smallest absolute Gasteiger partial charge is 0.377 e. The number of ketones is 1. The van der Waals surface area contributed by atoms with Crippen molar-refractivity contribution >= 4 is 11.8 Å². The van der Waals surface area contributed by atoms with Gasteiger partial charge in [-0.3, -0.25) is 4.79 Å². The average Bonchev–Trinajstić information content (AvgIpc) is 2.33. The minimum atomic E-state index is -1.40. The molecule has 0 aromatic heterocycles. The molecule has 0 aliphatic heterocycles. The monoisotopic (exact) mass is 260 g/mol. The fourth-order valence-corrected chi connectivity index (χ4v) is 2.85. The molecule has 1 aliphatic carbocycles. The number of hydrogen-bond donors (Lipinski definition) is 1. The SMILES string of the molecule is CC1(C)CCC(C)(C)c2cc(C(=O)C(=O)O)ccc21. The van der Waals surface area contributed by atoms with Crippen molar-refractivity contribution in [3.8, 4) is 0 Å². The third-order valence-corrected chi connectivity index (χ3v) is 4.31. The van der Waals surface area contributed by atoms with Crippen molar-refractivity contribution < 1.29 is 14.7 Å². The van der Waals surface area contributed by atoms with Crippen LogP contribution in [0.3, 0.4) is 0 Å². The van der Waals surface area contributed by atoms with Crippen LogP contribution in [-0.4, -0.2) is 16.9 Å². The predicted molar refractivity (Wildman–Crippen MR) is 73.7 cm³/mol. The molecule has 102 valence electrons. The Hall–Kier alpha value is -1.64. The zero-order chi connectivity index (χ0) is 14.4. The second kappa shape index (κ2) is 4.19. The molecule has 0 radical (unpaired) electrons. The van der Waals surface area contributed by atoms with Gasteiger partial charge >= 0.3 is 5.97 Å². The Bertz CT molecular complexity index is 553. The number of carbonyl (C=O) groups excluding carboxylic acids is 1. The Morgan fingerprint density at radius 3 is 2.05 bits per heavy atom. The molecule has 1 aromatic carbocycles. The van der Waals surface area contributed by atoms with Crippen LogP contribution in [0.1, 0.15) is 62.0 Å². The lowest BCUT2D eigenvalue weighted by Gasteiger charge is -2.42. The van der Waals surface area contributed by atoms with Crippen LogP contribution < -0.4 is 0 Å².